The highest BCUT2D eigenvalue weighted by Crippen LogP contribution is 2.25. The van der Waals surface area contributed by atoms with Crippen LogP contribution in [0.2, 0.25) is 5.02 Å². The fourth-order valence-electron chi connectivity index (χ4n) is 2.57. The fraction of sp³-hybridized carbons (Fsp3) is 0.167. The van der Waals surface area contributed by atoms with Gasteiger partial charge < -0.3 is 4.57 Å². The molecule has 0 fully saturated rings. The number of aryl methyl sites for hydroxylation is 2. The van der Waals surface area contributed by atoms with Crippen LogP contribution in [0.5, 0.6) is 0 Å². The summed E-state index contributed by atoms with van der Waals surface area (Å²) in [6, 6.07) is 10.3. The molecule has 0 aliphatic rings. The molecule has 0 saturated carbocycles. The van der Waals surface area contributed by atoms with Gasteiger partial charge in [-0.3, -0.25) is 9.59 Å². The third kappa shape index (κ3) is 3.05. The van der Waals surface area contributed by atoms with E-state index < -0.39 is 0 Å². The first-order valence-corrected chi connectivity index (χ1v) is 8.52. The van der Waals surface area contributed by atoms with Crippen molar-refractivity contribution >= 4 is 44.8 Å². The quantitative estimate of drug-likeness (QED) is 0.646. The molecule has 1 aromatic heterocycles. The second-order valence-electron chi connectivity index (χ2n) is 5.56. The number of fused-ring (bicyclic) bond motifs is 1. The molecule has 0 unspecified atom stereocenters. The Kier molecular flexibility index (Phi) is 4.39. The summed E-state index contributed by atoms with van der Waals surface area (Å²) in [7, 11) is 1.88. The van der Waals surface area contributed by atoms with Crippen LogP contribution >= 0.6 is 22.9 Å². The first kappa shape index (κ1) is 16.6. The van der Waals surface area contributed by atoms with Gasteiger partial charge in [-0.1, -0.05) is 35.1 Å². The summed E-state index contributed by atoms with van der Waals surface area (Å²) in [5, 5.41) is 0.666. The van der Waals surface area contributed by atoms with Crippen LogP contribution in [0.15, 0.2) is 41.4 Å². The molecule has 0 radical (unpaired) electrons. The van der Waals surface area contributed by atoms with Gasteiger partial charge in [-0.05, 0) is 43.7 Å². The highest BCUT2D eigenvalue weighted by atomic mass is 35.5. The molecule has 6 heteroatoms. The van der Waals surface area contributed by atoms with Crippen molar-refractivity contribution in [3.8, 4) is 0 Å². The average Bonchev–Trinajstić information content (AvgIpc) is 2.83. The van der Waals surface area contributed by atoms with E-state index in [4.69, 9.17) is 11.6 Å². The number of rotatable bonds is 2. The summed E-state index contributed by atoms with van der Waals surface area (Å²) < 4.78 is 2.88. The van der Waals surface area contributed by atoms with Gasteiger partial charge in [-0.2, -0.15) is 4.99 Å². The third-order valence-electron chi connectivity index (χ3n) is 3.79. The Hall–Kier alpha value is -2.24. The number of amides is 1. The molecule has 0 saturated heterocycles. The van der Waals surface area contributed by atoms with Crippen LogP contribution in [0, 0.1) is 6.92 Å². The van der Waals surface area contributed by atoms with Crippen LogP contribution < -0.4 is 4.80 Å². The lowest BCUT2D eigenvalue weighted by Crippen LogP contribution is -2.13. The highest BCUT2D eigenvalue weighted by molar-refractivity contribution is 7.16. The number of aromatic nitrogens is 1. The van der Waals surface area contributed by atoms with E-state index in [1.165, 1.54) is 18.3 Å². The van der Waals surface area contributed by atoms with Gasteiger partial charge in [-0.15, -0.1) is 0 Å². The number of Topliss-reactive ketones (excluding diaryl/α,β-unsaturated/α-hetero) is 1. The standard InChI is InChI=1S/C18H15ClN2O2S/c1-10-8-14(19)9-15-16(10)21(3)18(24-15)20-17(23)13-6-4-12(5-7-13)11(2)22/h4-9H,1-3H3. The lowest BCUT2D eigenvalue weighted by molar-refractivity contribution is 0.0991. The molecule has 0 N–H and O–H groups in total. The van der Waals surface area contributed by atoms with Crippen molar-refractivity contribution in [2.24, 2.45) is 12.0 Å². The van der Waals surface area contributed by atoms with E-state index in [-0.39, 0.29) is 11.7 Å². The second-order valence-corrected chi connectivity index (χ2v) is 7.01. The minimum atomic E-state index is -0.337. The summed E-state index contributed by atoms with van der Waals surface area (Å²) >= 11 is 7.52. The average molecular weight is 359 g/mol. The molecule has 1 heterocycles. The Labute approximate surface area is 148 Å². The van der Waals surface area contributed by atoms with E-state index in [0.29, 0.717) is 21.0 Å². The molecular weight excluding hydrogens is 344 g/mol. The smallest absolute Gasteiger partial charge is 0.279 e. The Morgan fingerprint density at radius 2 is 1.75 bits per heavy atom. The second kappa shape index (κ2) is 6.34. The molecule has 2 aromatic carbocycles. The molecule has 4 nitrogen and oxygen atoms in total. The molecule has 24 heavy (non-hydrogen) atoms. The summed E-state index contributed by atoms with van der Waals surface area (Å²) in [5.74, 6) is -0.370. The summed E-state index contributed by atoms with van der Waals surface area (Å²) in [6.07, 6.45) is 0. The van der Waals surface area contributed by atoms with Crippen molar-refractivity contribution in [3.05, 3.63) is 62.9 Å². The molecule has 122 valence electrons. The van der Waals surface area contributed by atoms with Gasteiger partial charge in [0, 0.05) is 23.2 Å². The highest BCUT2D eigenvalue weighted by Gasteiger charge is 2.10. The molecular formula is C18H15ClN2O2S. The largest absolute Gasteiger partial charge is 0.319 e. The minimum Gasteiger partial charge on any atom is -0.319 e. The summed E-state index contributed by atoms with van der Waals surface area (Å²) in [4.78, 5) is 28.5. The Bertz CT molecular complexity index is 1030. The van der Waals surface area contributed by atoms with Crippen LogP contribution in [0.25, 0.3) is 10.2 Å². The van der Waals surface area contributed by atoms with Crippen LogP contribution in [-0.2, 0) is 7.05 Å². The zero-order valence-corrected chi connectivity index (χ0v) is 15.0. The third-order valence-corrected chi connectivity index (χ3v) is 5.09. The number of nitrogens with zero attached hydrogens (tertiary/aromatic N) is 2. The Morgan fingerprint density at radius 1 is 1.12 bits per heavy atom. The maximum atomic E-state index is 12.4. The van der Waals surface area contributed by atoms with Crippen LogP contribution in [0.4, 0.5) is 0 Å². The normalized spacial score (nSPS) is 11.9. The van der Waals surface area contributed by atoms with Crippen molar-refractivity contribution < 1.29 is 9.59 Å². The molecule has 1 amide bonds. The Morgan fingerprint density at radius 3 is 2.38 bits per heavy atom. The van der Waals surface area contributed by atoms with Crippen molar-refractivity contribution in [2.45, 2.75) is 13.8 Å². The number of thiazole rings is 1. The van der Waals surface area contributed by atoms with Gasteiger partial charge in [0.15, 0.2) is 10.6 Å². The van der Waals surface area contributed by atoms with Crippen LogP contribution in [-0.4, -0.2) is 16.3 Å². The number of hydrogen-bond donors (Lipinski definition) is 0. The number of ketones is 1. The van der Waals surface area contributed by atoms with Crippen molar-refractivity contribution in [2.75, 3.05) is 0 Å². The molecule has 0 spiro atoms. The van der Waals surface area contributed by atoms with E-state index in [0.717, 1.165) is 15.8 Å². The van der Waals surface area contributed by atoms with Crippen molar-refractivity contribution in [3.63, 3.8) is 0 Å². The van der Waals surface area contributed by atoms with Gasteiger partial charge in [-0.25, -0.2) is 0 Å². The molecule has 0 atom stereocenters. The van der Waals surface area contributed by atoms with E-state index in [1.54, 1.807) is 24.3 Å². The fourth-order valence-corrected chi connectivity index (χ4v) is 4.04. The monoisotopic (exact) mass is 358 g/mol. The van der Waals surface area contributed by atoms with E-state index >= 15 is 0 Å². The van der Waals surface area contributed by atoms with Gasteiger partial charge in [0.1, 0.15) is 0 Å². The van der Waals surface area contributed by atoms with Crippen molar-refractivity contribution in [1.29, 1.82) is 0 Å². The number of benzene rings is 2. The molecule has 0 bridgehead atoms. The topological polar surface area (TPSA) is 51.4 Å². The lowest BCUT2D eigenvalue weighted by atomic mass is 10.1. The van der Waals surface area contributed by atoms with Crippen molar-refractivity contribution in [1.82, 2.24) is 4.57 Å². The number of carbonyl (C=O) groups excluding carboxylic acids is 2. The van der Waals surface area contributed by atoms with E-state index in [2.05, 4.69) is 4.99 Å². The SMILES string of the molecule is CC(=O)c1ccc(C(=O)N=c2sc3cc(Cl)cc(C)c3n2C)cc1. The molecule has 0 aliphatic carbocycles. The molecule has 3 aromatic rings. The predicted octanol–water partition coefficient (Wildman–Crippen LogP) is 4.15. The van der Waals surface area contributed by atoms with E-state index in [9.17, 15) is 9.59 Å². The first-order chi connectivity index (χ1) is 11.4. The minimum absolute atomic E-state index is 0.0331. The van der Waals surface area contributed by atoms with Crippen LogP contribution in [0.1, 0.15) is 33.2 Å². The summed E-state index contributed by atoms with van der Waals surface area (Å²) in [6.45, 7) is 3.47. The van der Waals surface area contributed by atoms with Crippen LogP contribution in [0.3, 0.4) is 0 Å². The number of halogens is 1. The van der Waals surface area contributed by atoms with Gasteiger partial charge in [0.25, 0.3) is 5.91 Å². The first-order valence-electron chi connectivity index (χ1n) is 7.32. The zero-order valence-electron chi connectivity index (χ0n) is 13.5. The zero-order chi connectivity index (χ0) is 17.4. The summed E-state index contributed by atoms with van der Waals surface area (Å²) in [5.41, 5.74) is 3.08. The molecule has 0 aliphatic heterocycles. The predicted molar refractivity (Wildman–Crippen MR) is 96.9 cm³/mol. The van der Waals surface area contributed by atoms with Gasteiger partial charge in [0.2, 0.25) is 0 Å². The van der Waals surface area contributed by atoms with Gasteiger partial charge in [0.05, 0.1) is 10.2 Å². The van der Waals surface area contributed by atoms with E-state index in [1.807, 2.05) is 30.7 Å². The maximum Gasteiger partial charge on any atom is 0.279 e. The van der Waals surface area contributed by atoms with Gasteiger partial charge >= 0.3 is 0 Å². The number of carbonyl (C=O) groups is 2. The number of hydrogen-bond acceptors (Lipinski definition) is 3. The lowest BCUT2D eigenvalue weighted by Gasteiger charge is -2.01. The molecule has 3 rings (SSSR count). The Balaban J connectivity index is 2.06. The maximum absolute atomic E-state index is 12.4.